The van der Waals surface area contributed by atoms with Crippen LogP contribution in [0.25, 0.3) is 11.1 Å². The topological polar surface area (TPSA) is 158 Å². The summed E-state index contributed by atoms with van der Waals surface area (Å²) in [7, 11) is 3.69. The predicted octanol–water partition coefficient (Wildman–Crippen LogP) is 3.63. The molecule has 0 atom stereocenters. The number of likely N-dealkylation sites (tertiary alicyclic amines) is 1. The van der Waals surface area contributed by atoms with Gasteiger partial charge in [-0.15, -0.1) is 0 Å². The van der Waals surface area contributed by atoms with Gasteiger partial charge in [-0.3, -0.25) is 9.59 Å². The zero-order valence-electron chi connectivity index (χ0n) is 23.1. The van der Waals surface area contributed by atoms with Gasteiger partial charge in [0, 0.05) is 26.2 Å². The molecule has 11 nitrogen and oxygen atoms in total. The van der Waals surface area contributed by atoms with Gasteiger partial charge in [-0.1, -0.05) is 30.3 Å². The average Bonchev–Trinajstić information content (AvgIpc) is 2.97. The summed E-state index contributed by atoms with van der Waals surface area (Å²) >= 11 is 0. The van der Waals surface area contributed by atoms with Gasteiger partial charge in [-0.25, -0.2) is 9.97 Å². The van der Waals surface area contributed by atoms with E-state index in [-0.39, 0.29) is 49.8 Å². The van der Waals surface area contributed by atoms with Crippen molar-refractivity contribution >= 4 is 23.5 Å². The van der Waals surface area contributed by atoms with E-state index < -0.39 is 11.4 Å². The summed E-state index contributed by atoms with van der Waals surface area (Å²) in [6.07, 6.45) is 3.35. The van der Waals surface area contributed by atoms with E-state index in [0.29, 0.717) is 29.4 Å². The molecule has 0 unspecified atom stereocenters. The largest absolute Gasteiger partial charge is 0.481 e. The van der Waals surface area contributed by atoms with Crippen molar-refractivity contribution in [1.82, 2.24) is 19.8 Å². The van der Waals surface area contributed by atoms with E-state index in [1.54, 1.807) is 11.0 Å². The monoisotopic (exact) mass is 555 g/mol. The Hall–Kier alpha value is -4.95. The first kappa shape index (κ1) is 29.0. The van der Waals surface area contributed by atoms with Gasteiger partial charge in [0.05, 0.1) is 11.0 Å². The number of aliphatic carboxylic acids is 1. The van der Waals surface area contributed by atoms with Crippen LogP contribution >= 0.6 is 0 Å². The third kappa shape index (κ3) is 6.98. The molecule has 1 amide bonds. The van der Waals surface area contributed by atoms with Gasteiger partial charge < -0.3 is 30.7 Å². The lowest BCUT2D eigenvalue weighted by atomic mass is 9.78. The number of nitrogens with zero attached hydrogens (tertiary/aromatic N) is 5. The summed E-state index contributed by atoms with van der Waals surface area (Å²) in [5.74, 6) is 0.667. The van der Waals surface area contributed by atoms with Crippen LogP contribution in [-0.2, 0) is 9.59 Å². The van der Waals surface area contributed by atoms with Gasteiger partial charge in [-0.2, -0.15) is 5.26 Å². The molecule has 1 aliphatic heterocycles. The maximum Gasteiger partial charge on any atom is 0.311 e. The number of ether oxygens (including phenoxy) is 1. The summed E-state index contributed by atoms with van der Waals surface area (Å²) < 4.78 is 5.87. The lowest BCUT2D eigenvalue weighted by Crippen LogP contribution is -2.50. The summed E-state index contributed by atoms with van der Waals surface area (Å²) in [5.41, 5.74) is 6.45. The number of hydrogen-bond donors (Lipinski definition) is 3. The fraction of sp³-hybridized carbons (Fsp3) is 0.300. The second-order valence-electron chi connectivity index (χ2n) is 10.1. The molecule has 0 spiro atoms. The first-order valence-corrected chi connectivity index (χ1v) is 13.2. The minimum absolute atomic E-state index is 0.0564. The fourth-order valence-corrected chi connectivity index (χ4v) is 4.61. The first-order valence-electron chi connectivity index (χ1n) is 13.2. The maximum absolute atomic E-state index is 12.9. The van der Waals surface area contributed by atoms with Crippen molar-refractivity contribution in [2.24, 2.45) is 5.41 Å². The highest BCUT2D eigenvalue weighted by Gasteiger charge is 2.43. The minimum Gasteiger partial charge on any atom is -0.481 e. The van der Waals surface area contributed by atoms with E-state index >= 15 is 0 Å². The van der Waals surface area contributed by atoms with Crippen molar-refractivity contribution in [2.45, 2.75) is 12.8 Å². The number of anilines is 2. The number of amides is 1. The lowest BCUT2D eigenvalue weighted by molar-refractivity contribution is -0.152. The van der Waals surface area contributed by atoms with Crippen LogP contribution in [-0.4, -0.2) is 77.0 Å². The quantitative estimate of drug-likeness (QED) is 0.249. The summed E-state index contributed by atoms with van der Waals surface area (Å²) in [4.78, 5) is 37.2. The van der Waals surface area contributed by atoms with E-state index in [0.717, 1.165) is 5.56 Å². The Morgan fingerprint density at radius 3 is 2.39 bits per heavy atom. The number of carbonyl (C=O) groups is 2. The molecule has 0 saturated carbocycles. The van der Waals surface area contributed by atoms with Gasteiger partial charge in [0.2, 0.25) is 0 Å². The van der Waals surface area contributed by atoms with Crippen LogP contribution in [0.1, 0.15) is 12.8 Å². The SMILES string of the molecule is CN(C)C/C=C(\C#N)C(=O)N1CCC(CNc2ncnc(N)c2-c2ccc(Oc3ccccc3)cc2)(C(=O)O)CC1. The number of para-hydroxylation sites is 1. The van der Waals surface area contributed by atoms with Gasteiger partial charge in [0.1, 0.15) is 41.1 Å². The highest BCUT2D eigenvalue weighted by atomic mass is 16.5. The number of nitrogen functional groups attached to an aromatic ring is 1. The number of hydrogen-bond acceptors (Lipinski definition) is 9. The number of nitrogens with two attached hydrogens (primary N) is 1. The van der Waals surface area contributed by atoms with Crippen molar-refractivity contribution < 1.29 is 19.4 Å². The van der Waals surface area contributed by atoms with E-state index in [9.17, 15) is 20.0 Å². The molecule has 4 rings (SSSR count). The highest BCUT2D eigenvalue weighted by molar-refractivity contribution is 5.97. The molecule has 4 N–H and O–H groups in total. The highest BCUT2D eigenvalue weighted by Crippen LogP contribution is 2.36. The molecule has 0 bridgehead atoms. The molecule has 1 aliphatic rings. The molecule has 1 fully saturated rings. The second-order valence-corrected chi connectivity index (χ2v) is 10.1. The molecule has 3 aromatic rings. The zero-order chi connectivity index (χ0) is 29.4. The fourth-order valence-electron chi connectivity index (χ4n) is 4.61. The van der Waals surface area contributed by atoms with Gasteiger partial charge in [0.15, 0.2) is 0 Å². The average molecular weight is 556 g/mol. The van der Waals surface area contributed by atoms with E-state index in [2.05, 4.69) is 15.3 Å². The Morgan fingerprint density at radius 2 is 1.78 bits per heavy atom. The van der Waals surface area contributed by atoms with Gasteiger partial charge in [-0.05, 0) is 62.8 Å². The maximum atomic E-state index is 12.9. The van der Waals surface area contributed by atoms with E-state index in [4.69, 9.17) is 10.5 Å². The Labute approximate surface area is 238 Å². The number of likely N-dealkylation sites (N-methyl/N-ethyl adjacent to an activating group) is 1. The van der Waals surface area contributed by atoms with Crippen LogP contribution in [0.4, 0.5) is 11.6 Å². The first-order chi connectivity index (χ1) is 19.7. The standard InChI is InChI=1S/C30H33N7O4/c1-36(2)15-12-22(18-31)28(38)37-16-13-30(14-17-37,29(39)40)19-33-27-25(26(32)34-20-35-27)21-8-10-24(11-9-21)41-23-6-4-3-5-7-23/h3-12,20H,13-17,19H2,1-2H3,(H,39,40)(H3,32,33,34,35)/b22-12+. The number of nitriles is 1. The number of benzene rings is 2. The van der Waals surface area contributed by atoms with E-state index in [1.807, 2.05) is 79.7 Å². The number of rotatable bonds is 10. The van der Waals surface area contributed by atoms with Gasteiger partial charge in [0.25, 0.3) is 5.91 Å². The second kappa shape index (κ2) is 12.9. The number of piperidine rings is 1. The van der Waals surface area contributed by atoms with E-state index in [1.165, 1.54) is 6.33 Å². The third-order valence-electron chi connectivity index (χ3n) is 7.07. The number of carboxylic acids is 1. The number of aromatic nitrogens is 2. The summed E-state index contributed by atoms with van der Waals surface area (Å²) in [6, 6.07) is 18.7. The molecule has 212 valence electrons. The van der Waals surface area contributed by atoms with Crippen LogP contribution in [0.15, 0.2) is 72.6 Å². The van der Waals surface area contributed by atoms with Crippen LogP contribution < -0.4 is 15.8 Å². The Kier molecular flexibility index (Phi) is 9.16. The smallest absolute Gasteiger partial charge is 0.311 e. The van der Waals surface area contributed by atoms with Gasteiger partial charge >= 0.3 is 5.97 Å². The van der Waals surface area contributed by atoms with Crippen LogP contribution in [0.2, 0.25) is 0 Å². The van der Waals surface area contributed by atoms with Crippen molar-refractivity contribution in [1.29, 1.82) is 5.26 Å². The Bertz CT molecular complexity index is 1440. The molecular formula is C30H33N7O4. The third-order valence-corrected chi connectivity index (χ3v) is 7.07. The molecule has 2 aromatic carbocycles. The normalized spacial score (nSPS) is 14.8. The molecule has 1 saturated heterocycles. The molecule has 41 heavy (non-hydrogen) atoms. The van der Waals surface area contributed by atoms with Crippen molar-refractivity contribution in [2.75, 3.05) is 51.3 Å². The minimum atomic E-state index is -1.14. The van der Waals surface area contributed by atoms with Crippen molar-refractivity contribution in [3.8, 4) is 28.7 Å². The number of carbonyl (C=O) groups excluding carboxylic acids is 1. The zero-order valence-corrected chi connectivity index (χ0v) is 23.1. The predicted molar refractivity (Wildman–Crippen MR) is 155 cm³/mol. The molecule has 2 heterocycles. The van der Waals surface area contributed by atoms with Crippen LogP contribution in [0, 0.1) is 16.7 Å². The summed E-state index contributed by atoms with van der Waals surface area (Å²) in [5, 5.41) is 22.8. The Balaban J connectivity index is 1.47. The Morgan fingerprint density at radius 1 is 1.12 bits per heavy atom. The van der Waals surface area contributed by atoms with Crippen molar-refractivity contribution in [3.05, 3.63) is 72.6 Å². The molecule has 1 aromatic heterocycles. The molecule has 0 aliphatic carbocycles. The molecular weight excluding hydrogens is 522 g/mol. The molecule has 11 heteroatoms. The van der Waals surface area contributed by atoms with Crippen molar-refractivity contribution in [3.63, 3.8) is 0 Å². The molecule has 0 radical (unpaired) electrons. The van der Waals surface area contributed by atoms with Crippen LogP contribution in [0.3, 0.4) is 0 Å². The summed E-state index contributed by atoms with van der Waals surface area (Å²) in [6.45, 7) is 0.966. The number of carboxylic acid groups (broad SMARTS) is 1. The lowest BCUT2D eigenvalue weighted by Gasteiger charge is -2.39. The van der Waals surface area contributed by atoms with Crippen LogP contribution in [0.5, 0.6) is 11.5 Å². The number of nitrogens with one attached hydrogen (secondary N) is 1.